The maximum atomic E-state index is 12.5. The van der Waals surface area contributed by atoms with Gasteiger partial charge in [-0.15, -0.1) is 0 Å². The predicted octanol–water partition coefficient (Wildman–Crippen LogP) is 19.6. The van der Waals surface area contributed by atoms with Gasteiger partial charge in [0.1, 0.15) is 6.10 Å². The van der Waals surface area contributed by atoms with Crippen LogP contribution in [0.1, 0.15) is 328 Å². The highest BCUT2D eigenvalue weighted by Crippen LogP contribution is 2.18. The Labute approximate surface area is 431 Å². The molecule has 3 atom stereocenters. The lowest BCUT2D eigenvalue weighted by molar-refractivity contribution is -0.131. The van der Waals surface area contributed by atoms with E-state index in [4.69, 9.17) is 0 Å². The second kappa shape index (κ2) is 58.9. The fraction of sp³-hybridized carbons (Fsp3) is 0.859. The summed E-state index contributed by atoms with van der Waals surface area (Å²) in [6.07, 6.45) is 79.4. The van der Waals surface area contributed by atoms with Gasteiger partial charge in [-0.2, -0.15) is 0 Å². The van der Waals surface area contributed by atoms with Gasteiger partial charge in [-0.1, -0.05) is 306 Å². The van der Waals surface area contributed by atoms with Crippen LogP contribution < -0.4 is 5.32 Å². The van der Waals surface area contributed by atoms with Crippen LogP contribution in [0.4, 0.5) is 0 Å². The number of hydrogen-bond acceptors (Lipinski definition) is 4. The van der Waals surface area contributed by atoms with Gasteiger partial charge >= 0.3 is 0 Å². The number of carbonyl (C=O) groups excluding carboxylic acids is 1. The van der Waals surface area contributed by atoms with Gasteiger partial charge in [0.2, 0.25) is 5.91 Å². The molecule has 3 unspecified atom stereocenters. The third kappa shape index (κ3) is 53.9. The Hall–Kier alpha value is -1.69. The van der Waals surface area contributed by atoms with Crippen LogP contribution in [0.3, 0.4) is 0 Å². The number of hydrogen-bond donors (Lipinski definition) is 4. The molecule has 0 aliphatic carbocycles. The molecule has 0 fully saturated rings. The van der Waals surface area contributed by atoms with E-state index in [-0.39, 0.29) is 6.61 Å². The van der Waals surface area contributed by atoms with E-state index in [1.165, 1.54) is 263 Å². The van der Waals surface area contributed by atoms with E-state index in [9.17, 15) is 20.1 Å². The molecule has 0 aliphatic heterocycles. The first-order valence-electron chi connectivity index (χ1n) is 31.0. The van der Waals surface area contributed by atoms with Gasteiger partial charge in [-0.05, 0) is 70.6 Å². The van der Waals surface area contributed by atoms with Crippen LogP contribution in [-0.2, 0) is 4.79 Å². The monoisotopic (exact) mass is 968 g/mol. The van der Waals surface area contributed by atoms with Crippen molar-refractivity contribution >= 4 is 5.91 Å². The summed E-state index contributed by atoms with van der Waals surface area (Å²) in [6, 6.07) is -0.822. The smallest absolute Gasteiger partial charge is 0.249 e. The van der Waals surface area contributed by atoms with Crippen molar-refractivity contribution in [1.29, 1.82) is 0 Å². The van der Waals surface area contributed by atoms with Gasteiger partial charge in [-0.3, -0.25) is 4.79 Å². The van der Waals surface area contributed by atoms with Crippen molar-refractivity contribution in [1.82, 2.24) is 5.32 Å². The summed E-state index contributed by atoms with van der Waals surface area (Å²) in [5, 5.41) is 33.3. The number of nitrogens with one attached hydrogen (secondary N) is 1. The van der Waals surface area contributed by atoms with E-state index in [0.717, 1.165) is 44.9 Å². The predicted molar refractivity (Wildman–Crippen MR) is 305 cm³/mol. The average Bonchev–Trinajstić information content (AvgIpc) is 3.35. The first-order valence-corrected chi connectivity index (χ1v) is 31.0. The Bertz CT molecular complexity index is 1110. The van der Waals surface area contributed by atoms with E-state index < -0.39 is 24.2 Å². The molecule has 0 aliphatic rings. The molecule has 0 heterocycles. The van der Waals surface area contributed by atoms with Crippen molar-refractivity contribution in [3.63, 3.8) is 0 Å². The summed E-state index contributed by atoms with van der Waals surface area (Å²) in [7, 11) is 0. The second-order valence-electron chi connectivity index (χ2n) is 21.2. The SMILES string of the molecule is CCCCCCCCC/C=C/CC/C=C/CC/C=C/C(O)C(CO)NC(=O)C(O)CCCCCCCCCCCCCCCCCC/C=C\CCCCCCCCCCCCCCCCCCCC. The first kappa shape index (κ1) is 67.3. The van der Waals surface area contributed by atoms with Crippen LogP contribution in [0.5, 0.6) is 0 Å². The summed E-state index contributed by atoms with van der Waals surface area (Å²) < 4.78 is 0. The highest BCUT2D eigenvalue weighted by molar-refractivity contribution is 5.80. The van der Waals surface area contributed by atoms with Crippen LogP contribution in [0.25, 0.3) is 0 Å². The lowest BCUT2D eigenvalue weighted by Gasteiger charge is -2.21. The molecule has 0 saturated carbocycles. The maximum absolute atomic E-state index is 12.5. The molecule has 0 rings (SSSR count). The summed E-state index contributed by atoms with van der Waals surface area (Å²) in [4.78, 5) is 12.5. The Kier molecular flexibility index (Phi) is 57.4. The number of unbranched alkanes of at least 4 members (excludes halogenated alkanes) is 43. The molecule has 0 saturated heterocycles. The lowest BCUT2D eigenvalue weighted by Crippen LogP contribution is -2.48. The molecule has 0 spiro atoms. The lowest BCUT2D eigenvalue weighted by atomic mass is 10.0. The minimum Gasteiger partial charge on any atom is -0.394 e. The molecule has 0 aromatic heterocycles. The number of aliphatic hydroxyl groups is 3. The van der Waals surface area contributed by atoms with Crippen molar-refractivity contribution in [2.75, 3.05) is 6.61 Å². The third-order valence-corrected chi connectivity index (χ3v) is 14.4. The largest absolute Gasteiger partial charge is 0.394 e. The highest BCUT2D eigenvalue weighted by atomic mass is 16.3. The van der Waals surface area contributed by atoms with Crippen LogP contribution >= 0.6 is 0 Å². The van der Waals surface area contributed by atoms with Gasteiger partial charge in [-0.25, -0.2) is 0 Å². The summed E-state index contributed by atoms with van der Waals surface area (Å²) >= 11 is 0. The normalized spacial score (nSPS) is 13.5. The van der Waals surface area contributed by atoms with E-state index in [1.807, 2.05) is 6.08 Å². The molecule has 5 nitrogen and oxygen atoms in total. The molecular formula is C64H121NO4. The van der Waals surface area contributed by atoms with Crippen LogP contribution in [-0.4, -0.2) is 46.1 Å². The molecule has 69 heavy (non-hydrogen) atoms. The molecule has 5 heteroatoms. The molecule has 0 aromatic rings. The van der Waals surface area contributed by atoms with Gasteiger partial charge in [0.25, 0.3) is 0 Å². The summed E-state index contributed by atoms with van der Waals surface area (Å²) in [5.74, 6) is -0.514. The minimum atomic E-state index is -1.11. The first-order chi connectivity index (χ1) is 34.1. The Morgan fingerprint density at radius 2 is 0.594 bits per heavy atom. The van der Waals surface area contributed by atoms with Crippen molar-refractivity contribution in [3.8, 4) is 0 Å². The van der Waals surface area contributed by atoms with Crippen molar-refractivity contribution in [2.45, 2.75) is 347 Å². The quantitative estimate of drug-likeness (QED) is 0.0361. The van der Waals surface area contributed by atoms with Crippen molar-refractivity contribution in [3.05, 3.63) is 48.6 Å². The van der Waals surface area contributed by atoms with E-state index >= 15 is 0 Å². The van der Waals surface area contributed by atoms with Crippen molar-refractivity contribution < 1.29 is 20.1 Å². The number of rotatable bonds is 57. The third-order valence-electron chi connectivity index (χ3n) is 14.4. The molecule has 0 aromatic carbocycles. The van der Waals surface area contributed by atoms with Crippen LogP contribution in [0, 0.1) is 0 Å². The van der Waals surface area contributed by atoms with Gasteiger partial charge in [0.15, 0.2) is 0 Å². The Morgan fingerprint density at radius 3 is 0.884 bits per heavy atom. The zero-order valence-corrected chi connectivity index (χ0v) is 46.5. The number of amides is 1. The zero-order valence-electron chi connectivity index (χ0n) is 46.5. The fourth-order valence-electron chi connectivity index (χ4n) is 9.57. The van der Waals surface area contributed by atoms with E-state index in [2.05, 4.69) is 55.6 Å². The van der Waals surface area contributed by atoms with Crippen molar-refractivity contribution in [2.24, 2.45) is 0 Å². The maximum Gasteiger partial charge on any atom is 0.249 e. The minimum absolute atomic E-state index is 0.381. The number of allylic oxidation sites excluding steroid dienone is 7. The van der Waals surface area contributed by atoms with Gasteiger partial charge < -0.3 is 20.6 Å². The number of carbonyl (C=O) groups is 1. The molecule has 4 N–H and O–H groups in total. The molecule has 1 amide bonds. The van der Waals surface area contributed by atoms with E-state index in [1.54, 1.807) is 6.08 Å². The summed E-state index contributed by atoms with van der Waals surface area (Å²) in [6.45, 7) is 4.19. The van der Waals surface area contributed by atoms with E-state index in [0.29, 0.717) is 6.42 Å². The fourth-order valence-corrected chi connectivity index (χ4v) is 9.57. The average molecular weight is 969 g/mol. The zero-order chi connectivity index (χ0) is 50.0. The van der Waals surface area contributed by atoms with Crippen LogP contribution in [0.15, 0.2) is 48.6 Å². The Morgan fingerprint density at radius 1 is 0.348 bits per heavy atom. The topological polar surface area (TPSA) is 89.8 Å². The van der Waals surface area contributed by atoms with Gasteiger partial charge in [0.05, 0.1) is 18.8 Å². The standard InChI is InChI=1S/C64H121NO4/c1-3-5-7-9-11-13-15-17-19-21-22-23-24-25-26-27-28-29-30-31-32-33-34-35-36-37-38-39-40-41-43-45-47-49-51-53-55-57-59-63(68)64(69)65-61(60-66)62(67)58-56-54-52-50-48-46-44-42-20-18-16-14-12-10-8-6-4-2/h20,31-32,42,48,50,56,58,61-63,66-68H,3-19,21-30,33-41,43-47,49,51-55,57,59-60H2,1-2H3,(H,65,69)/b32-31-,42-20+,50-48+,58-56+. The second-order valence-corrected chi connectivity index (χ2v) is 21.2. The summed E-state index contributed by atoms with van der Waals surface area (Å²) in [5.41, 5.74) is 0. The molecule has 406 valence electrons. The van der Waals surface area contributed by atoms with Crippen LogP contribution in [0.2, 0.25) is 0 Å². The highest BCUT2D eigenvalue weighted by Gasteiger charge is 2.22. The molecular weight excluding hydrogens is 847 g/mol. The Balaban J connectivity index is 3.50. The molecule has 0 radical (unpaired) electrons. The number of aliphatic hydroxyl groups excluding tert-OH is 3. The van der Waals surface area contributed by atoms with Gasteiger partial charge in [0, 0.05) is 0 Å². The molecule has 0 bridgehead atoms.